The molecule has 0 aliphatic carbocycles. The molecule has 0 radical (unpaired) electrons. The number of hydrogen-bond donors (Lipinski definition) is 1. The van der Waals surface area contributed by atoms with Gasteiger partial charge in [0.25, 0.3) is 0 Å². The van der Waals surface area contributed by atoms with Gasteiger partial charge >= 0.3 is 0 Å². The maximum absolute atomic E-state index is 6.11. The highest BCUT2D eigenvalue weighted by Crippen LogP contribution is 2.34. The van der Waals surface area contributed by atoms with Crippen molar-refractivity contribution < 1.29 is 9.47 Å². The number of hydrogen-bond acceptors (Lipinski definition) is 3. The number of benzene rings is 2. The third-order valence-electron chi connectivity index (χ3n) is 2.89. The average Bonchev–Trinajstić information content (AvgIpc) is 2.46. The van der Waals surface area contributed by atoms with Gasteiger partial charge < -0.3 is 15.2 Å². The predicted octanol–water partition coefficient (Wildman–Crippen LogP) is 4.15. The van der Waals surface area contributed by atoms with Gasteiger partial charge in [0.1, 0.15) is 6.61 Å². The zero-order chi connectivity index (χ0) is 14.5. The molecule has 2 N–H and O–H groups in total. The molecule has 0 spiro atoms. The normalized spacial score (nSPS) is 10.4. The van der Waals surface area contributed by atoms with E-state index < -0.39 is 0 Å². The van der Waals surface area contributed by atoms with E-state index in [-0.39, 0.29) is 0 Å². The lowest BCUT2D eigenvalue weighted by molar-refractivity contribution is 0.284. The first-order chi connectivity index (χ1) is 9.65. The van der Waals surface area contributed by atoms with Crippen molar-refractivity contribution >= 4 is 27.5 Å². The number of nitrogens with two attached hydrogens (primary N) is 1. The summed E-state index contributed by atoms with van der Waals surface area (Å²) >= 11 is 9.58. The zero-order valence-electron chi connectivity index (χ0n) is 11.0. The van der Waals surface area contributed by atoms with E-state index in [2.05, 4.69) is 15.9 Å². The van der Waals surface area contributed by atoms with Crippen LogP contribution in [-0.2, 0) is 13.2 Å². The minimum absolute atomic E-state index is 0.379. The molecule has 20 heavy (non-hydrogen) atoms. The van der Waals surface area contributed by atoms with Crippen molar-refractivity contribution in [2.75, 3.05) is 7.11 Å². The van der Waals surface area contributed by atoms with Gasteiger partial charge in [-0.1, -0.05) is 45.7 Å². The Balaban J connectivity index is 2.21. The summed E-state index contributed by atoms with van der Waals surface area (Å²) in [4.78, 5) is 0. The SMILES string of the molecule is COc1cc(CN)c(Br)cc1OCc1ccccc1Cl. The Morgan fingerprint density at radius 2 is 1.90 bits per heavy atom. The van der Waals surface area contributed by atoms with Crippen LogP contribution < -0.4 is 15.2 Å². The second kappa shape index (κ2) is 6.97. The molecule has 0 amide bonds. The number of halogens is 2. The van der Waals surface area contributed by atoms with Crippen molar-refractivity contribution in [3.63, 3.8) is 0 Å². The molecule has 106 valence electrons. The Bertz CT molecular complexity index is 604. The van der Waals surface area contributed by atoms with Crippen molar-refractivity contribution in [3.05, 3.63) is 57.0 Å². The van der Waals surface area contributed by atoms with E-state index in [9.17, 15) is 0 Å². The second-order valence-electron chi connectivity index (χ2n) is 4.18. The van der Waals surface area contributed by atoms with Gasteiger partial charge in [0.2, 0.25) is 0 Å². The van der Waals surface area contributed by atoms with E-state index in [1.54, 1.807) is 7.11 Å². The highest BCUT2D eigenvalue weighted by Gasteiger charge is 2.10. The van der Waals surface area contributed by atoms with Gasteiger partial charge in [-0.3, -0.25) is 0 Å². The van der Waals surface area contributed by atoms with Crippen LogP contribution in [0.1, 0.15) is 11.1 Å². The van der Waals surface area contributed by atoms with Crippen LogP contribution in [0.5, 0.6) is 11.5 Å². The van der Waals surface area contributed by atoms with Gasteiger partial charge in [0.15, 0.2) is 11.5 Å². The van der Waals surface area contributed by atoms with E-state index in [1.165, 1.54) is 0 Å². The standard InChI is InChI=1S/C15H15BrClNO2/c1-19-14-6-11(8-18)12(16)7-15(14)20-9-10-4-2-3-5-13(10)17/h2-7H,8-9,18H2,1H3. The molecule has 0 saturated carbocycles. The lowest BCUT2D eigenvalue weighted by Crippen LogP contribution is -2.02. The first kappa shape index (κ1) is 15.2. The molecule has 0 unspecified atom stereocenters. The van der Waals surface area contributed by atoms with Gasteiger partial charge in [-0.05, 0) is 23.8 Å². The van der Waals surface area contributed by atoms with Gasteiger partial charge in [-0.25, -0.2) is 0 Å². The summed E-state index contributed by atoms with van der Waals surface area (Å²) in [6, 6.07) is 11.3. The molecular formula is C15H15BrClNO2. The molecule has 3 nitrogen and oxygen atoms in total. The van der Waals surface area contributed by atoms with Crippen molar-refractivity contribution in [3.8, 4) is 11.5 Å². The minimum Gasteiger partial charge on any atom is -0.493 e. The van der Waals surface area contributed by atoms with Crippen LogP contribution in [0.3, 0.4) is 0 Å². The van der Waals surface area contributed by atoms with Crippen LogP contribution in [0.15, 0.2) is 40.9 Å². The third kappa shape index (κ3) is 3.45. The van der Waals surface area contributed by atoms with E-state index in [4.69, 9.17) is 26.8 Å². The van der Waals surface area contributed by atoms with Crippen molar-refractivity contribution in [1.82, 2.24) is 0 Å². The maximum Gasteiger partial charge on any atom is 0.162 e. The fourth-order valence-electron chi connectivity index (χ4n) is 1.78. The van der Waals surface area contributed by atoms with Crippen LogP contribution in [-0.4, -0.2) is 7.11 Å². The Kier molecular flexibility index (Phi) is 5.29. The molecule has 0 bridgehead atoms. The highest BCUT2D eigenvalue weighted by molar-refractivity contribution is 9.10. The summed E-state index contributed by atoms with van der Waals surface area (Å²) in [5, 5.41) is 0.684. The smallest absolute Gasteiger partial charge is 0.162 e. The lowest BCUT2D eigenvalue weighted by Gasteiger charge is -2.14. The number of rotatable bonds is 5. The van der Waals surface area contributed by atoms with Crippen LogP contribution in [0.4, 0.5) is 0 Å². The summed E-state index contributed by atoms with van der Waals surface area (Å²) in [5.74, 6) is 1.30. The minimum atomic E-state index is 0.379. The molecule has 0 heterocycles. The lowest BCUT2D eigenvalue weighted by atomic mass is 10.2. The molecule has 0 saturated heterocycles. The molecule has 5 heteroatoms. The van der Waals surface area contributed by atoms with Gasteiger partial charge in [0.05, 0.1) is 7.11 Å². The first-order valence-corrected chi connectivity index (χ1v) is 7.25. The predicted molar refractivity (Wildman–Crippen MR) is 84.4 cm³/mol. The quantitative estimate of drug-likeness (QED) is 0.875. The molecule has 0 fully saturated rings. The maximum atomic E-state index is 6.11. The molecule has 0 aliphatic rings. The highest BCUT2D eigenvalue weighted by atomic mass is 79.9. The van der Waals surface area contributed by atoms with E-state index in [1.807, 2.05) is 36.4 Å². The molecule has 0 aromatic heterocycles. The fraction of sp³-hybridized carbons (Fsp3) is 0.200. The summed E-state index contributed by atoms with van der Waals surface area (Å²) < 4.78 is 12.0. The third-order valence-corrected chi connectivity index (χ3v) is 4.00. The first-order valence-electron chi connectivity index (χ1n) is 6.08. The van der Waals surface area contributed by atoms with Gasteiger partial charge in [-0.15, -0.1) is 0 Å². The molecule has 2 aromatic carbocycles. The summed E-state index contributed by atoms with van der Waals surface area (Å²) in [6.07, 6.45) is 0. The fourth-order valence-corrected chi connectivity index (χ4v) is 2.45. The Morgan fingerprint density at radius 1 is 1.15 bits per heavy atom. The van der Waals surface area contributed by atoms with Crippen LogP contribution in [0.25, 0.3) is 0 Å². The summed E-state index contributed by atoms with van der Waals surface area (Å²) in [5.41, 5.74) is 7.56. The Labute approximate surface area is 131 Å². The van der Waals surface area contributed by atoms with Crippen LogP contribution in [0.2, 0.25) is 5.02 Å². The largest absolute Gasteiger partial charge is 0.493 e. The Morgan fingerprint density at radius 3 is 2.55 bits per heavy atom. The molecule has 2 aromatic rings. The van der Waals surface area contributed by atoms with Crippen molar-refractivity contribution in [1.29, 1.82) is 0 Å². The molecular weight excluding hydrogens is 342 g/mol. The van der Waals surface area contributed by atoms with E-state index in [0.29, 0.717) is 29.7 Å². The van der Waals surface area contributed by atoms with Crippen LogP contribution in [0, 0.1) is 0 Å². The van der Waals surface area contributed by atoms with E-state index in [0.717, 1.165) is 15.6 Å². The summed E-state index contributed by atoms with van der Waals surface area (Å²) in [7, 11) is 1.60. The molecule has 0 aliphatic heterocycles. The van der Waals surface area contributed by atoms with Gasteiger partial charge in [-0.2, -0.15) is 0 Å². The zero-order valence-corrected chi connectivity index (χ0v) is 13.4. The average molecular weight is 357 g/mol. The van der Waals surface area contributed by atoms with Gasteiger partial charge in [0, 0.05) is 21.6 Å². The molecule has 0 atom stereocenters. The Hall–Kier alpha value is -1.23. The number of methoxy groups -OCH3 is 1. The van der Waals surface area contributed by atoms with Crippen LogP contribution >= 0.6 is 27.5 Å². The number of ether oxygens (including phenoxy) is 2. The van der Waals surface area contributed by atoms with Crippen molar-refractivity contribution in [2.45, 2.75) is 13.2 Å². The molecule has 2 rings (SSSR count). The monoisotopic (exact) mass is 355 g/mol. The second-order valence-corrected chi connectivity index (χ2v) is 5.44. The van der Waals surface area contributed by atoms with Crippen molar-refractivity contribution in [2.24, 2.45) is 5.73 Å². The topological polar surface area (TPSA) is 44.5 Å². The van der Waals surface area contributed by atoms with E-state index >= 15 is 0 Å². The summed E-state index contributed by atoms with van der Waals surface area (Å²) in [6.45, 7) is 0.812.